The molecule has 3 aromatic rings. The van der Waals surface area contributed by atoms with Gasteiger partial charge in [-0.1, -0.05) is 27.7 Å². The standard InChI is InChI=1S/C16H13BrN2O3S/c1-21-15(20)14-7-6-13(22-14)10-23-16-18-8-9-19(16)12-4-2-11(17)3-5-12/h2-9H,10H2,1H3. The van der Waals surface area contributed by atoms with Crippen LogP contribution in [0.4, 0.5) is 0 Å². The van der Waals surface area contributed by atoms with Crippen LogP contribution in [0.2, 0.25) is 0 Å². The van der Waals surface area contributed by atoms with Gasteiger partial charge in [0, 0.05) is 22.6 Å². The number of carbonyl (C=O) groups is 1. The van der Waals surface area contributed by atoms with Crippen molar-refractivity contribution < 1.29 is 13.9 Å². The summed E-state index contributed by atoms with van der Waals surface area (Å²) in [7, 11) is 1.33. The molecule has 0 saturated heterocycles. The Morgan fingerprint density at radius 1 is 1.30 bits per heavy atom. The van der Waals surface area contributed by atoms with Crippen molar-refractivity contribution in [3.63, 3.8) is 0 Å². The molecule has 0 amide bonds. The lowest BCUT2D eigenvalue weighted by atomic mass is 10.3. The fraction of sp³-hybridized carbons (Fsp3) is 0.125. The van der Waals surface area contributed by atoms with Crippen LogP contribution in [-0.4, -0.2) is 22.6 Å². The fourth-order valence-corrected chi connectivity index (χ4v) is 3.13. The van der Waals surface area contributed by atoms with Gasteiger partial charge in [0.05, 0.1) is 12.9 Å². The maximum absolute atomic E-state index is 11.4. The van der Waals surface area contributed by atoms with Gasteiger partial charge in [0.15, 0.2) is 5.16 Å². The van der Waals surface area contributed by atoms with Crippen LogP contribution in [0.3, 0.4) is 0 Å². The summed E-state index contributed by atoms with van der Waals surface area (Å²) in [6.07, 6.45) is 3.67. The van der Waals surface area contributed by atoms with Crippen LogP contribution in [0.25, 0.3) is 5.69 Å². The number of aromatic nitrogens is 2. The third-order valence-corrected chi connectivity index (χ3v) is 4.62. The van der Waals surface area contributed by atoms with E-state index in [1.807, 2.05) is 35.0 Å². The lowest BCUT2D eigenvalue weighted by Gasteiger charge is -2.07. The molecule has 0 fully saturated rings. The van der Waals surface area contributed by atoms with Gasteiger partial charge in [-0.2, -0.15) is 0 Å². The van der Waals surface area contributed by atoms with Crippen LogP contribution in [0.5, 0.6) is 0 Å². The number of carbonyl (C=O) groups excluding carboxylic acids is 1. The summed E-state index contributed by atoms with van der Waals surface area (Å²) < 4.78 is 13.1. The fourth-order valence-electron chi connectivity index (χ4n) is 2.00. The Labute approximate surface area is 145 Å². The van der Waals surface area contributed by atoms with Crippen molar-refractivity contribution in [1.82, 2.24) is 9.55 Å². The van der Waals surface area contributed by atoms with E-state index in [9.17, 15) is 4.79 Å². The summed E-state index contributed by atoms with van der Waals surface area (Å²) in [4.78, 5) is 15.8. The highest BCUT2D eigenvalue weighted by atomic mass is 79.9. The van der Waals surface area contributed by atoms with Crippen molar-refractivity contribution >= 4 is 33.7 Å². The first-order chi connectivity index (χ1) is 11.2. The zero-order chi connectivity index (χ0) is 16.2. The zero-order valence-corrected chi connectivity index (χ0v) is 14.6. The van der Waals surface area contributed by atoms with Gasteiger partial charge in [0.25, 0.3) is 0 Å². The van der Waals surface area contributed by atoms with Crippen molar-refractivity contribution in [2.24, 2.45) is 0 Å². The summed E-state index contributed by atoms with van der Waals surface area (Å²) in [6.45, 7) is 0. The van der Waals surface area contributed by atoms with E-state index in [1.54, 1.807) is 18.3 Å². The molecule has 0 N–H and O–H groups in total. The largest absolute Gasteiger partial charge is 0.463 e. The van der Waals surface area contributed by atoms with Crippen molar-refractivity contribution in [1.29, 1.82) is 0 Å². The molecule has 0 spiro atoms. The van der Waals surface area contributed by atoms with Gasteiger partial charge >= 0.3 is 5.97 Å². The highest BCUT2D eigenvalue weighted by Gasteiger charge is 2.12. The Morgan fingerprint density at radius 3 is 2.83 bits per heavy atom. The smallest absolute Gasteiger partial charge is 0.373 e. The molecule has 23 heavy (non-hydrogen) atoms. The van der Waals surface area contributed by atoms with Gasteiger partial charge in [-0.15, -0.1) is 0 Å². The summed E-state index contributed by atoms with van der Waals surface area (Å²) >= 11 is 4.96. The number of halogens is 1. The maximum Gasteiger partial charge on any atom is 0.373 e. The van der Waals surface area contributed by atoms with E-state index >= 15 is 0 Å². The Balaban J connectivity index is 1.72. The third kappa shape index (κ3) is 3.68. The number of hydrogen-bond acceptors (Lipinski definition) is 5. The molecule has 2 aromatic heterocycles. The van der Waals surface area contributed by atoms with Gasteiger partial charge in [-0.25, -0.2) is 9.78 Å². The average molecular weight is 393 g/mol. The summed E-state index contributed by atoms with van der Waals surface area (Å²) in [5, 5.41) is 0.850. The van der Waals surface area contributed by atoms with Gasteiger partial charge in [-0.05, 0) is 36.4 Å². The number of furan rings is 1. The van der Waals surface area contributed by atoms with E-state index in [1.165, 1.54) is 18.9 Å². The van der Waals surface area contributed by atoms with Gasteiger partial charge in [0.1, 0.15) is 5.76 Å². The number of thioether (sulfide) groups is 1. The molecule has 0 aliphatic rings. The monoisotopic (exact) mass is 392 g/mol. The normalized spacial score (nSPS) is 10.7. The van der Waals surface area contributed by atoms with Crippen molar-refractivity contribution in [2.75, 3.05) is 7.11 Å². The number of hydrogen-bond donors (Lipinski definition) is 0. The SMILES string of the molecule is COC(=O)c1ccc(CSc2nccn2-c2ccc(Br)cc2)o1. The second kappa shape index (κ2) is 7.06. The van der Waals surface area contributed by atoms with E-state index in [0.29, 0.717) is 11.5 Å². The predicted octanol–water partition coefficient (Wildman–Crippen LogP) is 4.31. The number of rotatable bonds is 5. The summed E-state index contributed by atoms with van der Waals surface area (Å²) in [6, 6.07) is 11.4. The van der Waals surface area contributed by atoms with Crippen molar-refractivity contribution in [2.45, 2.75) is 10.9 Å². The third-order valence-electron chi connectivity index (χ3n) is 3.10. The molecule has 0 atom stereocenters. The first kappa shape index (κ1) is 15.9. The van der Waals surface area contributed by atoms with Gasteiger partial charge in [0.2, 0.25) is 5.76 Å². The average Bonchev–Trinajstić information content (AvgIpc) is 3.22. The van der Waals surface area contributed by atoms with E-state index in [2.05, 4.69) is 25.7 Å². The minimum absolute atomic E-state index is 0.208. The number of esters is 1. The van der Waals surface area contributed by atoms with Crippen molar-refractivity contribution in [3.05, 3.63) is 64.8 Å². The molecule has 0 aliphatic carbocycles. The maximum atomic E-state index is 11.4. The summed E-state index contributed by atoms with van der Waals surface area (Å²) in [5.41, 5.74) is 1.03. The number of nitrogens with zero attached hydrogens (tertiary/aromatic N) is 2. The first-order valence-electron chi connectivity index (χ1n) is 6.76. The van der Waals surface area contributed by atoms with Crippen LogP contribution in [0.15, 0.2) is 62.8 Å². The number of imidazole rings is 1. The Morgan fingerprint density at radius 2 is 2.09 bits per heavy atom. The first-order valence-corrected chi connectivity index (χ1v) is 8.54. The highest BCUT2D eigenvalue weighted by Crippen LogP contribution is 2.25. The van der Waals surface area contributed by atoms with E-state index < -0.39 is 5.97 Å². The van der Waals surface area contributed by atoms with Crippen LogP contribution in [0, 0.1) is 0 Å². The van der Waals surface area contributed by atoms with E-state index in [4.69, 9.17) is 4.42 Å². The molecule has 5 nitrogen and oxygen atoms in total. The molecule has 0 radical (unpaired) electrons. The molecule has 7 heteroatoms. The molecular formula is C16H13BrN2O3S. The minimum atomic E-state index is -0.474. The predicted molar refractivity (Wildman–Crippen MR) is 90.9 cm³/mol. The second-order valence-electron chi connectivity index (χ2n) is 4.60. The molecule has 0 bridgehead atoms. The van der Waals surface area contributed by atoms with Crippen LogP contribution in [-0.2, 0) is 10.5 Å². The Hall–Kier alpha value is -1.99. The topological polar surface area (TPSA) is 57.3 Å². The van der Waals surface area contributed by atoms with Crippen LogP contribution >= 0.6 is 27.7 Å². The Bertz CT molecular complexity index is 811. The van der Waals surface area contributed by atoms with Gasteiger partial charge in [-0.3, -0.25) is 4.57 Å². The highest BCUT2D eigenvalue weighted by molar-refractivity contribution is 9.10. The second-order valence-corrected chi connectivity index (χ2v) is 6.46. The molecule has 118 valence electrons. The van der Waals surface area contributed by atoms with Crippen LogP contribution < -0.4 is 0 Å². The molecule has 2 heterocycles. The number of benzene rings is 1. The molecule has 0 unspecified atom stereocenters. The molecule has 3 rings (SSSR count). The van der Waals surface area contributed by atoms with E-state index in [-0.39, 0.29) is 5.76 Å². The number of methoxy groups -OCH3 is 1. The van der Waals surface area contributed by atoms with Gasteiger partial charge < -0.3 is 9.15 Å². The molecular weight excluding hydrogens is 380 g/mol. The minimum Gasteiger partial charge on any atom is -0.463 e. The zero-order valence-electron chi connectivity index (χ0n) is 12.2. The molecule has 0 saturated carbocycles. The molecule has 0 aliphatic heterocycles. The lowest BCUT2D eigenvalue weighted by molar-refractivity contribution is 0.0563. The summed E-state index contributed by atoms with van der Waals surface area (Å²) in [5.74, 6) is 1.00. The Kier molecular flexibility index (Phi) is 4.88. The quantitative estimate of drug-likeness (QED) is 0.478. The van der Waals surface area contributed by atoms with E-state index in [0.717, 1.165) is 15.3 Å². The lowest BCUT2D eigenvalue weighted by Crippen LogP contribution is -1.98. The number of ether oxygens (including phenoxy) is 1. The molecule has 1 aromatic carbocycles. The van der Waals surface area contributed by atoms with Crippen LogP contribution in [0.1, 0.15) is 16.3 Å². The van der Waals surface area contributed by atoms with Crippen molar-refractivity contribution in [3.8, 4) is 5.69 Å².